The first-order valence-electron chi connectivity index (χ1n) is 7.77. The van der Waals surface area contributed by atoms with Crippen LogP contribution in [-0.4, -0.2) is 69.1 Å². The summed E-state index contributed by atoms with van der Waals surface area (Å²) >= 11 is 0. The molecule has 0 unspecified atom stereocenters. The molecule has 6 nitrogen and oxygen atoms in total. The van der Waals surface area contributed by atoms with Gasteiger partial charge in [0.05, 0.1) is 13.2 Å². The van der Waals surface area contributed by atoms with E-state index >= 15 is 0 Å². The molecule has 1 N–H and O–H groups in total. The normalized spacial score (nSPS) is 10.0. The standard InChI is InChI=1S/C17H27N3O3.ClH/c1-5-20(16(21)12-18-10-11-23-4)13-14-6-8-15(9-7-14)17(22)19(2)3;/h6-9,18H,5,10-13H2,1-4H3;1H. The van der Waals surface area contributed by atoms with E-state index in [0.717, 1.165) is 5.56 Å². The molecule has 0 saturated carbocycles. The lowest BCUT2D eigenvalue weighted by Gasteiger charge is -2.21. The number of hydrogen-bond acceptors (Lipinski definition) is 4. The van der Waals surface area contributed by atoms with Gasteiger partial charge < -0.3 is 19.9 Å². The van der Waals surface area contributed by atoms with Crippen molar-refractivity contribution in [1.29, 1.82) is 0 Å². The number of carbonyl (C=O) groups excluding carboxylic acids is 2. The number of carbonyl (C=O) groups is 2. The maximum Gasteiger partial charge on any atom is 0.253 e. The lowest BCUT2D eigenvalue weighted by molar-refractivity contribution is -0.130. The molecule has 136 valence electrons. The van der Waals surface area contributed by atoms with Gasteiger partial charge in [0.25, 0.3) is 5.91 Å². The average Bonchev–Trinajstić information content (AvgIpc) is 2.56. The topological polar surface area (TPSA) is 61.9 Å². The number of halogens is 1. The Bertz CT molecular complexity index is 506. The first kappa shape index (κ1) is 22.4. The largest absolute Gasteiger partial charge is 0.383 e. The van der Waals surface area contributed by atoms with E-state index in [4.69, 9.17) is 4.74 Å². The molecule has 0 heterocycles. The van der Waals surface area contributed by atoms with Gasteiger partial charge in [-0.3, -0.25) is 9.59 Å². The highest BCUT2D eigenvalue weighted by atomic mass is 35.5. The van der Waals surface area contributed by atoms with Gasteiger partial charge in [0.15, 0.2) is 0 Å². The Morgan fingerprint density at radius 2 is 1.79 bits per heavy atom. The van der Waals surface area contributed by atoms with Gasteiger partial charge in [0, 0.05) is 46.4 Å². The second-order valence-electron chi connectivity index (χ2n) is 5.47. The van der Waals surface area contributed by atoms with E-state index in [-0.39, 0.29) is 24.2 Å². The minimum absolute atomic E-state index is 0. The third-order valence-corrected chi connectivity index (χ3v) is 3.47. The molecule has 0 saturated heterocycles. The van der Waals surface area contributed by atoms with E-state index in [1.54, 1.807) is 43.1 Å². The van der Waals surface area contributed by atoms with Gasteiger partial charge >= 0.3 is 0 Å². The van der Waals surface area contributed by atoms with Crippen LogP contribution in [0.25, 0.3) is 0 Å². The molecule has 1 rings (SSSR count). The molecule has 1 aromatic rings. The van der Waals surface area contributed by atoms with Crippen LogP contribution in [-0.2, 0) is 16.1 Å². The smallest absolute Gasteiger partial charge is 0.253 e. The Balaban J connectivity index is 0.00000529. The highest BCUT2D eigenvalue weighted by molar-refractivity contribution is 5.93. The molecule has 0 spiro atoms. The van der Waals surface area contributed by atoms with Crippen LogP contribution >= 0.6 is 12.4 Å². The van der Waals surface area contributed by atoms with Gasteiger partial charge in [-0.15, -0.1) is 12.4 Å². The summed E-state index contributed by atoms with van der Waals surface area (Å²) in [6.07, 6.45) is 0. The lowest BCUT2D eigenvalue weighted by atomic mass is 10.1. The van der Waals surface area contributed by atoms with Crippen molar-refractivity contribution in [1.82, 2.24) is 15.1 Å². The van der Waals surface area contributed by atoms with E-state index in [9.17, 15) is 9.59 Å². The number of nitrogens with zero attached hydrogens (tertiary/aromatic N) is 2. The predicted molar refractivity (Wildman–Crippen MR) is 97.5 cm³/mol. The van der Waals surface area contributed by atoms with Gasteiger partial charge in [-0.05, 0) is 24.6 Å². The molecule has 0 radical (unpaired) electrons. The fourth-order valence-electron chi connectivity index (χ4n) is 2.09. The molecule has 1 aromatic carbocycles. The number of hydrogen-bond donors (Lipinski definition) is 1. The van der Waals surface area contributed by atoms with Gasteiger partial charge in [-0.1, -0.05) is 12.1 Å². The zero-order chi connectivity index (χ0) is 17.2. The zero-order valence-electron chi connectivity index (χ0n) is 14.9. The van der Waals surface area contributed by atoms with Crippen molar-refractivity contribution in [3.8, 4) is 0 Å². The average molecular weight is 358 g/mol. The monoisotopic (exact) mass is 357 g/mol. The number of amides is 2. The summed E-state index contributed by atoms with van der Waals surface area (Å²) in [4.78, 5) is 27.3. The van der Waals surface area contributed by atoms with E-state index in [1.165, 1.54) is 0 Å². The Hall–Kier alpha value is -1.63. The molecule has 24 heavy (non-hydrogen) atoms. The van der Waals surface area contributed by atoms with Crippen molar-refractivity contribution in [2.75, 3.05) is 47.4 Å². The lowest BCUT2D eigenvalue weighted by Crippen LogP contribution is -2.38. The molecule has 0 aliphatic carbocycles. The van der Waals surface area contributed by atoms with Gasteiger partial charge in [-0.25, -0.2) is 0 Å². The Morgan fingerprint density at radius 1 is 1.17 bits per heavy atom. The Morgan fingerprint density at radius 3 is 2.29 bits per heavy atom. The number of methoxy groups -OCH3 is 1. The van der Waals surface area contributed by atoms with Crippen LogP contribution in [0.3, 0.4) is 0 Å². The molecule has 0 aliphatic rings. The predicted octanol–water partition coefficient (Wildman–Crippen LogP) is 1.39. The van der Waals surface area contributed by atoms with E-state index in [0.29, 0.717) is 38.3 Å². The zero-order valence-corrected chi connectivity index (χ0v) is 15.7. The number of rotatable bonds is 9. The fraction of sp³-hybridized carbons (Fsp3) is 0.529. The number of ether oxygens (including phenoxy) is 1. The van der Waals surface area contributed by atoms with Crippen molar-refractivity contribution in [3.63, 3.8) is 0 Å². The molecule has 0 aromatic heterocycles. The van der Waals surface area contributed by atoms with Crippen molar-refractivity contribution < 1.29 is 14.3 Å². The van der Waals surface area contributed by atoms with Crippen molar-refractivity contribution in [3.05, 3.63) is 35.4 Å². The number of benzene rings is 1. The van der Waals surface area contributed by atoms with Crippen LogP contribution < -0.4 is 5.32 Å². The van der Waals surface area contributed by atoms with Gasteiger partial charge in [0.2, 0.25) is 5.91 Å². The molecule has 0 aliphatic heterocycles. The minimum atomic E-state index is -0.0256. The van der Waals surface area contributed by atoms with Crippen molar-refractivity contribution >= 4 is 24.2 Å². The maximum absolute atomic E-state index is 12.2. The third-order valence-electron chi connectivity index (χ3n) is 3.47. The molecule has 2 amide bonds. The Labute approximate surface area is 150 Å². The van der Waals surface area contributed by atoms with Crippen LogP contribution in [0.2, 0.25) is 0 Å². The first-order valence-corrected chi connectivity index (χ1v) is 7.77. The molecule has 0 fully saturated rings. The third kappa shape index (κ3) is 7.29. The summed E-state index contributed by atoms with van der Waals surface area (Å²) in [6, 6.07) is 7.38. The molecular weight excluding hydrogens is 330 g/mol. The second kappa shape index (κ2) is 11.8. The summed E-state index contributed by atoms with van der Waals surface area (Å²) < 4.78 is 4.93. The van der Waals surface area contributed by atoms with Gasteiger partial charge in [0.1, 0.15) is 0 Å². The quantitative estimate of drug-likeness (QED) is 0.678. The van der Waals surface area contributed by atoms with Crippen molar-refractivity contribution in [2.45, 2.75) is 13.5 Å². The van der Waals surface area contributed by atoms with Crippen LogP contribution in [0, 0.1) is 0 Å². The fourth-order valence-corrected chi connectivity index (χ4v) is 2.09. The van der Waals surface area contributed by atoms with Gasteiger partial charge in [-0.2, -0.15) is 0 Å². The van der Waals surface area contributed by atoms with Crippen LogP contribution in [0.4, 0.5) is 0 Å². The highest BCUT2D eigenvalue weighted by Gasteiger charge is 2.12. The van der Waals surface area contributed by atoms with Crippen LogP contribution in [0.15, 0.2) is 24.3 Å². The minimum Gasteiger partial charge on any atom is -0.383 e. The number of likely N-dealkylation sites (N-methyl/N-ethyl adjacent to an activating group) is 1. The molecule has 0 atom stereocenters. The Kier molecular flexibility index (Phi) is 11.0. The van der Waals surface area contributed by atoms with E-state index in [1.807, 2.05) is 19.1 Å². The SMILES string of the molecule is CCN(Cc1ccc(C(=O)N(C)C)cc1)C(=O)CNCCOC.Cl. The maximum atomic E-state index is 12.2. The summed E-state index contributed by atoms with van der Waals surface area (Å²) in [5.74, 6) is 0.0272. The van der Waals surface area contributed by atoms with Crippen molar-refractivity contribution in [2.24, 2.45) is 0 Å². The summed E-state index contributed by atoms with van der Waals surface area (Å²) in [7, 11) is 5.08. The second-order valence-corrected chi connectivity index (χ2v) is 5.47. The van der Waals surface area contributed by atoms with Crippen LogP contribution in [0.5, 0.6) is 0 Å². The molecule has 0 bridgehead atoms. The number of nitrogens with one attached hydrogen (secondary N) is 1. The highest BCUT2D eigenvalue weighted by Crippen LogP contribution is 2.09. The van der Waals surface area contributed by atoms with Crippen LogP contribution in [0.1, 0.15) is 22.8 Å². The summed E-state index contributed by atoms with van der Waals surface area (Å²) in [5, 5.41) is 3.06. The molecule has 7 heteroatoms. The summed E-state index contributed by atoms with van der Waals surface area (Å²) in [5.41, 5.74) is 1.65. The van der Waals surface area contributed by atoms with E-state index < -0.39 is 0 Å². The first-order chi connectivity index (χ1) is 11.0. The molecular formula is C17H28ClN3O3. The summed E-state index contributed by atoms with van der Waals surface area (Å²) in [6.45, 7) is 4.67. The van der Waals surface area contributed by atoms with E-state index in [2.05, 4.69) is 5.32 Å².